The first kappa shape index (κ1) is 25.5. The molecular weight excluding hydrogens is 505 g/mol. The second-order valence-corrected chi connectivity index (χ2v) is 8.80. The van der Waals surface area contributed by atoms with Crippen LogP contribution in [0.25, 0.3) is 11.0 Å². The van der Waals surface area contributed by atoms with Crippen LogP contribution in [0.1, 0.15) is 39.4 Å². The van der Waals surface area contributed by atoms with Gasteiger partial charge in [0.25, 0.3) is 11.8 Å². The number of nitrogens with one attached hydrogen (secondary N) is 3. The summed E-state index contributed by atoms with van der Waals surface area (Å²) < 4.78 is 6.16. The first-order chi connectivity index (χ1) is 16.9. The number of hydrogen-bond acceptors (Lipinski definition) is 6. The molecule has 5 N–H and O–H groups in total. The fourth-order valence-corrected chi connectivity index (χ4v) is 4.37. The first-order valence-corrected chi connectivity index (χ1v) is 11.6. The molecule has 0 radical (unpaired) electrons. The van der Waals surface area contributed by atoms with Crippen molar-refractivity contribution in [2.75, 3.05) is 18.0 Å². The summed E-state index contributed by atoms with van der Waals surface area (Å²) in [5, 5.41) is 3.85. The van der Waals surface area contributed by atoms with E-state index in [9.17, 15) is 9.59 Å². The summed E-state index contributed by atoms with van der Waals surface area (Å²) in [4.78, 5) is 41.4. The van der Waals surface area contributed by atoms with Crippen molar-refractivity contribution < 1.29 is 14.3 Å². The molecule has 1 fully saturated rings. The maximum Gasteiger partial charge on any atom is 0.286 e. The highest BCUT2D eigenvalue weighted by molar-refractivity contribution is 6.31. The van der Waals surface area contributed by atoms with Gasteiger partial charge in [-0.2, -0.15) is 0 Å². The second kappa shape index (κ2) is 10.6. The van der Waals surface area contributed by atoms with E-state index in [1.54, 1.807) is 24.3 Å². The number of primary amides is 1. The molecule has 2 aromatic heterocycles. The van der Waals surface area contributed by atoms with Crippen LogP contribution in [0, 0.1) is 6.92 Å². The molecule has 1 aliphatic rings. The molecule has 188 valence electrons. The fraction of sp³-hybridized carbons (Fsp3) is 0.250. The van der Waals surface area contributed by atoms with E-state index in [2.05, 4.69) is 25.3 Å². The summed E-state index contributed by atoms with van der Waals surface area (Å²) in [7, 11) is 0. The Hall–Kier alpha value is -3.60. The predicted molar refractivity (Wildman–Crippen MR) is 140 cm³/mol. The smallest absolute Gasteiger partial charge is 0.286 e. The molecule has 0 aliphatic carbocycles. The third kappa shape index (κ3) is 5.01. The number of imidazole rings is 2. The summed E-state index contributed by atoms with van der Waals surface area (Å²) in [5.74, 6) is -0.384. The van der Waals surface area contributed by atoms with Crippen molar-refractivity contribution in [1.82, 2.24) is 25.3 Å². The first-order valence-electron chi connectivity index (χ1n) is 11.2. The summed E-state index contributed by atoms with van der Waals surface area (Å²) in [5.41, 5.74) is 7.88. The number of aryl methyl sites for hydroxylation is 1. The highest BCUT2D eigenvalue weighted by Crippen LogP contribution is 2.33. The van der Waals surface area contributed by atoms with E-state index in [1.807, 2.05) is 19.1 Å². The van der Waals surface area contributed by atoms with E-state index >= 15 is 0 Å². The quantitative estimate of drug-likeness (QED) is 0.298. The molecule has 12 heteroatoms. The summed E-state index contributed by atoms with van der Waals surface area (Å²) in [6.07, 6.45) is 3.26. The van der Waals surface area contributed by atoms with Gasteiger partial charge >= 0.3 is 0 Å². The highest BCUT2D eigenvalue weighted by Gasteiger charge is 2.29. The van der Waals surface area contributed by atoms with Gasteiger partial charge in [0.05, 0.1) is 23.0 Å². The zero-order valence-corrected chi connectivity index (χ0v) is 20.9. The number of anilines is 2. The van der Waals surface area contributed by atoms with Crippen molar-refractivity contribution in [2.45, 2.75) is 25.9 Å². The lowest BCUT2D eigenvalue weighted by Gasteiger charge is -2.25. The van der Waals surface area contributed by atoms with Gasteiger partial charge in [0.15, 0.2) is 5.69 Å². The average Bonchev–Trinajstić information content (AvgIpc) is 3.48. The van der Waals surface area contributed by atoms with Crippen molar-refractivity contribution in [3.8, 4) is 5.75 Å². The fourth-order valence-electron chi connectivity index (χ4n) is 4.20. The van der Waals surface area contributed by atoms with Gasteiger partial charge in [0, 0.05) is 5.02 Å². The molecule has 2 aromatic carbocycles. The lowest BCUT2D eigenvalue weighted by molar-refractivity contribution is 0.0961. The number of H-pyrrole nitrogens is 2. The Morgan fingerprint density at radius 1 is 1.17 bits per heavy atom. The Morgan fingerprint density at radius 2 is 1.94 bits per heavy atom. The minimum Gasteiger partial charge on any atom is -0.490 e. The van der Waals surface area contributed by atoms with Gasteiger partial charge in [-0.05, 0) is 74.8 Å². The molecule has 5 rings (SSSR count). The van der Waals surface area contributed by atoms with E-state index in [-0.39, 0.29) is 35.8 Å². The molecule has 0 saturated carbocycles. The number of carbonyl (C=O) groups is 2. The Bertz CT molecular complexity index is 1410. The Balaban J connectivity index is 0.00000304. The largest absolute Gasteiger partial charge is 0.490 e. The number of carbonyl (C=O) groups excluding carboxylic acids is 2. The van der Waals surface area contributed by atoms with Crippen LogP contribution in [-0.2, 0) is 0 Å². The lowest BCUT2D eigenvalue weighted by Crippen LogP contribution is -2.34. The Labute approximate surface area is 218 Å². The summed E-state index contributed by atoms with van der Waals surface area (Å²) in [6.45, 7) is 3.72. The number of ether oxygens (including phenoxy) is 1. The number of fused-ring (bicyclic) bond motifs is 1. The van der Waals surface area contributed by atoms with Crippen LogP contribution in [0.15, 0.2) is 42.7 Å². The molecule has 0 atom stereocenters. The molecule has 1 aliphatic heterocycles. The molecule has 0 unspecified atom stereocenters. The number of nitrogens with zero attached hydrogens (tertiary/aromatic N) is 3. The standard InChI is InChI=1S/C24H24ClN7O3.ClH/c1-13-10-16(35-15-6-8-27-9-7-15)3-5-19(13)32(23(34)21-20(22(26)33)28-12-29-21)24-30-17-4-2-14(25)11-18(17)31-24;/h2-5,10-12,15,27H,6-9H2,1H3,(H2,26,33)(H,28,29)(H,30,31);1H. The maximum absolute atomic E-state index is 13.7. The van der Waals surface area contributed by atoms with Gasteiger partial charge in [-0.15, -0.1) is 12.4 Å². The third-order valence-electron chi connectivity index (χ3n) is 5.93. The van der Waals surface area contributed by atoms with E-state index < -0.39 is 11.8 Å². The minimum absolute atomic E-state index is 0. The maximum atomic E-state index is 13.7. The zero-order chi connectivity index (χ0) is 24.5. The normalized spacial score (nSPS) is 13.8. The number of halogens is 2. The molecular formula is C24H25Cl2N7O3. The monoisotopic (exact) mass is 529 g/mol. The second-order valence-electron chi connectivity index (χ2n) is 8.37. The number of aromatic nitrogens is 4. The van der Waals surface area contributed by atoms with Crippen LogP contribution < -0.4 is 20.7 Å². The average molecular weight is 530 g/mol. The summed E-state index contributed by atoms with van der Waals surface area (Å²) >= 11 is 6.13. The number of piperidine rings is 1. The van der Waals surface area contributed by atoms with Crippen LogP contribution in [0.5, 0.6) is 5.75 Å². The van der Waals surface area contributed by atoms with Crippen LogP contribution >= 0.6 is 24.0 Å². The predicted octanol–water partition coefficient (Wildman–Crippen LogP) is 3.88. The number of amides is 2. The molecule has 36 heavy (non-hydrogen) atoms. The molecule has 0 spiro atoms. The zero-order valence-electron chi connectivity index (χ0n) is 19.4. The van der Waals surface area contributed by atoms with Gasteiger partial charge in [-0.25, -0.2) is 14.9 Å². The Morgan fingerprint density at radius 3 is 2.67 bits per heavy atom. The van der Waals surface area contributed by atoms with Crippen molar-refractivity contribution >= 4 is 58.5 Å². The molecule has 2 amide bonds. The molecule has 1 saturated heterocycles. The van der Waals surface area contributed by atoms with Crippen LogP contribution in [0.3, 0.4) is 0 Å². The molecule has 4 aromatic rings. The number of hydrogen-bond donors (Lipinski definition) is 4. The molecule has 0 bridgehead atoms. The number of aromatic amines is 2. The van der Waals surface area contributed by atoms with Gasteiger partial charge in [-0.3, -0.25) is 9.59 Å². The van der Waals surface area contributed by atoms with E-state index in [4.69, 9.17) is 22.1 Å². The van der Waals surface area contributed by atoms with E-state index in [0.29, 0.717) is 21.7 Å². The van der Waals surface area contributed by atoms with Crippen molar-refractivity contribution in [2.24, 2.45) is 5.73 Å². The Kier molecular flexibility index (Phi) is 7.48. The lowest BCUT2D eigenvalue weighted by atomic mass is 10.1. The van der Waals surface area contributed by atoms with E-state index in [1.165, 1.54) is 11.2 Å². The van der Waals surface area contributed by atoms with Gasteiger partial charge in [0.2, 0.25) is 5.95 Å². The highest BCUT2D eigenvalue weighted by atomic mass is 35.5. The summed E-state index contributed by atoms with van der Waals surface area (Å²) in [6, 6.07) is 10.7. The van der Waals surface area contributed by atoms with Gasteiger partial charge < -0.3 is 25.8 Å². The number of rotatable bonds is 6. The SMILES string of the molecule is Cc1cc(OC2CCNCC2)ccc1N(C(=O)c1nc[nH]c1C(N)=O)c1nc2ccc(Cl)cc2[nH]1.Cl. The van der Waals surface area contributed by atoms with Crippen LogP contribution in [-0.4, -0.2) is 50.9 Å². The van der Waals surface area contributed by atoms with Crippen molar-refractivity contribution in [3.63, 3.8) is 0 Å². The minimum atomic E-state index is -0.787. The van der Waals surface area contributed by atoms with Gasteiger partial charge in [0.1, 0.15) is 17.5 Å². The number of nitrogens with two attached hydrogens (primary N) is 1. The van der Waals surface area contributed by atoms with Crippen LogP contribution in [0.2, 0.25) is 5.02 Å². The molecule has 10 nitrogen and oxygen atoms in total. The third-order valence-corrected chi connectivity index (χ3v) is 6.17. The molecule has 3 heterocycles. The van der Waals surface area contributed by atoms with Crippen molar-refractivity contribution in [1.29, 1.82) is 0 Å². The van der Waals surface area contributed by atoms with E-state index in [0.717, 1.165) is 37.2 Å². The number of benzene rings is 2. The van der Waals surface area contributed by atoms with Crippen molar-refractivity contribution in [3.05, 3.63) is 64.7 Å². The van der Waals surface area contributed by atoms with Gasteiger partial charge in [-0.1, -0.05) is 11.6 Å². The topological polar surface area (TPSA) is 142 Å². The van der Waals surface area contributed by atoms with Crippen LogP contribution in [0.4, 0.5) is 11.6 Å².